The molecule has 0 aliphatic rings. The second-order valence-electron chi connectivity index (χ2n) is 5.39. The number of nitrogens with two attached hydrogens (primary N) is 1. The van der Waals surface area contributed by atoms with E-state index in [-0.39, 0.29) is 10.7 Å². The minimum absolute atomic E-state index is 0.00475. The molecule has 2 N–H and O–H groups in total. The summed E-state index contributed by atoms with van der Waals surface area (Å²) < 4.78 is 40.5. The number of hydrogen-bond donors (Lipinski definition) is 1. The van der Waals surface area contributed by atoms with Gasteiger partial charge in [0.2, 0.25) is 0 Å². The molecule has 8 nitrogen and oxygen atoms in total. The van der Waals surface area contributed by atoms with Gasteiger partial charge in [0.15, 0.2) is 0 Å². The number of methoxy groups -OCH3 is 1. The predicted octanol–water partition coefficient (Wildman–Crippen LogP) is 2.38. The molecule has 2 aromatic heterocycles. The van der Waals surface area contributed by atoms with Gasteiger partial charge in [0.05, 0.1) is 24.5 Å². The first-order valence-electron chi connectivity index (χ1n) is 7.48. The topological polar surface area (TPSA) is 113 Å². The van der Waals surface area contributed by atoms with Crippen molar-refractivity contribution in [1.82, 2.24) is 17.9 Å². The van der Waals surface area contributed by atoms with Crippen molar-refractivity contribution < 1.29 is 13.2 Å². The summed E-state index contributed by atoms with van der Waals surface area (Å²) in [5, 5.41) is 4.21. The van der Waals surface area contributed by atoms with Gasteiger partial charge in [-0.2, -0.15) is 22.3 Å². The van der Waals surface area contributed by atoms with Crippen molar-refractivity contribution in [2.75, 3.05) is 12.8 Å². The molecule has 10 heteroatoms. The lowest BCUT2D eigenvalue weighted by Crippen LogP contribution is -2.17. The molecule has 0 atom stereocenters. The molecule has 0 saturated carbocycles. The highest BCUT2D eigenvalue weighted by molar-refractivity contribution is 7.90. The van der Waals surface area contributed by atoms with Crippen molar-refractivity contribution in [3.63, 3.8) is 0 Å². The average Bonchev–Trinajstić information content (AvgIpc) is 3.27. The molecule has 0 aliphatic carbocycles. The van der Waals surface area contributed by atoms with E-state index in [9.17, 15) is 8.42 Å². The van der Waals surface area contributed by atoms with Crippen molar-refractivity contribution in [3.05, 3.63) is 48.5 Å². The summed E-state index contributed by atoms with van der Waals surface area (Å²) in [5.74, 6) is 0.562. The molecule has 2 heterocycles. The minimum atomic E-state index is -4.03. The van der Waals surface area contributed by atoms with Gasteiger partial charge >= 0.3 is 0 Å². The Morgan fingerprint density at radius 2 is 1.92 bits per heavy atom. The lowest BCUT2D eigenvalue weighted by atomic mass is 10.1. The van der Waals surface area contributed by atoms with Gasteiger partial charge in [-0.15, -0.1) is 4.09 Å². The summed E-state index contributed by atoms with van der Waals surface area (Å²) in [6.45, 7) is 0. The first kappa shape index (κ1) is 16.5. The zero-order chi connectivity index (χ0) is 18.3. The van der Waals surface area contributed by atoms with Crippen molar-refractivity contribution in [2.24, 2.45) is 0 Å². The fraction of sp³-hybridized carbons (Fsp3) is 0.0625. The van der Waals surface area contributed by atoms with E-state index in [4.69, 9.17) is 10.5 Å². The summed E-state index contributed by atoms with van der Waals surface area (Å²) in [5.41, 5.74) is 7.80. The van der Waals surface area contributed by atoms with Crippen LogP contribution in [0.5, 0.6) is 5.75 Å². The first-order valence-corrected chi connectivity index (χ1v) is 9.65. The second kappa shape index (κ2) is 6.07. The van der Waals surface area contributed by atoms with Gasteiger partial charge in [-0.25, -0.2) is 0 Å². The van der Waals surface area contributed by atoms with Gasteiger partial charge in [0, 0.05) is 11.6 Å². The Morgan fingerprint density at radius 3 is 2.73 bits per heavy atom. The second-order valence-corrected chi connectivity index (χ2v) is 7.66. The number of benzene rings is 2. The Labute approximate surface area is 153 Å². The Kier molecular flexibility index (Phi) is 3.85. The monoisotopic (exact) mass is 387 g/mol. The summed E-state index contributed by atoms with van der Waals surface area (Å²) >= 11 is 0.948. The highest BCUT2D eigenvalue weighted by Crippen LogP contribution is 2.31. The maximum Gasteiger partial charge on any atom is 0.287 e. The van der Waals surface area contributed by atoms with Crippen LogP contribution in [0.2, 0.25) is 0 Å². The summed E-state index contributed by atoms with van der Waals surface area (Å²) in [6.07, 6.45) is 0. The van der Waals surface area contributed by atoms with E-state index in [0.29, 0.717) is 28.0 Å². The summed E-state index contributed by atoms with van der Waals surface area (Å²) in [7, 11) is -2.50. The number of fused-ring (bicyclic) bond motifs is 1. The number of para-hydroxylation sites is 1. The van der Waals surface area contributed by atoms with Gasteiger partial charge < -0.3 is 10.5 Å². The third-order valence-electron chi connectivity index (χ3n) is 3.84. The predicted molar refractivity (Wildman–Crippen MR) is 98.6 cm³/mol. The fourth-order valence-corrected chi connectivity index (χ4v) is 4.61. The number of rotatable bonds is 4. The Balaban J connectivity index is 1.89. The minimum Gasteiger partial charge on any atom is -0.496 e. The van der Waals surface area contributed by atoms with Gasteiger partial charge in [-0.05, 0) is 24.3 Å². The third-order valence-corrected chi connectivity index (χ3v) is 6.02. The van der Waals surface area contributed by atoms with Crippen LogP contribution in [0.3, 0.4) is 0 Å². The molecule has 4 aromatic rings. The molecule has 0 saturated heterocycles. The lowest BCUT2D eigenvalue weighted by Gasteiger charge is -2.07. The molecule has 132 valence electrons. The Bertz CT molecular complexity index is 1210. The van der Waals surface area contributed by atoms with Crippen LogP contribution >= 0.6 is 11.7 Å². The lowest BCUT2D eigenvalue weighted by molar-refractivity contribution is 0.416. The van der Waals surface area contributed by atoms with E-state index >= 15 is 0 Å². The zero-order valence-electron chi connectivity index (χ0n) is 13.5. The van der Waals surface area contributed by atoms with E-state index in [1.807, 2.05) is 12.1 Å². The van der Waals surface area contributed by atoms with Gasteiger partial charge in [-0.3, -0.25) is 0 Å². The maximum atomic E-state index is 13.1. The highest BCUT2D eigenvalue weighted by atomic mass is 32.2. The average molecular weight is 387 g/mol. The maximum absolute atomic E-state index is 13.1. The van der Waals surface area contributed by atoms with Gasteiger partial charge in [0.1, 0.15) is 27.5 Å². The first-order chi connectivity index (χ1) is 12.5. The Hall–Kier alpha value is -2.98. The third kappa shape index (κ3) is 2.50. The van der Waals surface area contributed by atoms with Crippen LogP contribution in [0.25, 0.3) is 22.3 Å². The molecule has 0 amide bonds. The zero-order valence-corrected chi connectivity index (χ0v) is 15.2. The van der Waals surface area contributed by atoms with Crippen molar-refractivity contribution in [3.8, 4) is 17.0 Å². The molecule has 0 radical (unpaired) electrons. The van der Waals surface area contributed by atoms with Gasteiger partial charge in [-0.1, -0.05) is 18.2 Å². The van der Waals surface area contributed by atoms with Crippen LogP contribution < -0.4 is 10.5 Å². The van der Waals surface area contributed by atoms with Gasteiger partial charge in [0.25, 0.3) is 10.0 Å². The number of ether oxygens (including phenoxy) is 1. The quantitative estimate of drug-likeness (QED) is 0.572. The molecule has 0 bridgehead atoms. The van der Waals surface area contributed by atoms with Crippen molar-refractivity contribution in [2.45, 2.75) is 4.90 Å². The van der Waals surface area contributed by atoms with E-state index in [1.54, 1.807) is 24.3 Å². The largest absolute Gasteiger partial charge is 0.496 e. The van der Waals surface area contributed by atoms with E-state index in [1.165, 1.54) is 19.2 Å². The molecule has 4 rings (SSSR count). The molecule has 26 heavy (non-hydrogen) atoms. The molecule has 2 aromatic carbocycles. The molecule has 0 fully saturated rings. The smallest absolute Gasteiger partial charge is 0.287 e. The molecule has 0 unspecified atom stereocenters. The molecular formula is C16H13N5O3S2. The summed E-state index contributed by atoms with van der Waals surface area (Å²) in [6, 6.07) is 13.4. The highest BCUT2D eigenvalue weighted by Gasteiger charge is 2.26. The number of nitrogens with zero attached hydrogens (tertiary/aromatic N) is 4. The van der Waals surface area contributed by atoms with E-state index in [0.717, 1.165) is 15.8 Å². The standard InChI is InChI=1S/C16H13N5O3S2/c1-24-13-7-3-2-5-10(13)12-9-15(17)21(18-12)26(22,23)14-8-4-6-11-16(14)20-25-19-11/h2-9H,17H2,1H3. The molecule has 0 aliphatic heterocycles. The Morgan fingerprint density at radius 1 is 1.12 bits per heavy atom. The normalized spacial score (nSPS) is 11.7. The molecule has 0 spiro atoms. The SMILES string of the molecule is COc1ccccc1-c1cc(N)n(S(=O)(=O)c2cccc3nsnc23)n1. The molecular weight excluding hydrogens is 374 g/mol. The van der Waals surface area contributed by atoms with Crippen LogP contribution in [0, 0.1) is 0 Å². The summed E-state index contributed by atoms with van der Waals surface area (Å²) in [4.78, 5) is 0.00475. The fourth-order valence-electron chi connectivity index (χ4n) is 2.64. The number of hydrogen-bond acceptors (Lipinski definition) is 8. The van der Waals surface area contributed by atoms with Crippen LogP contribution in [-0.2, 0) is 10.0 Å². The van der Waals surface area contributed by atoms with E-state index in [2.05, 4.69) is 13.8 Å². The van der Waals surface area contributed by atoms with Crippen LogP contribution in [0.1, 0.15) is 0 Å². The van der Waals surface area contributed by atoms with E-state index < -0.39 is 10.0 Å². The van der Waals surface area contributed by atoms with Crippen LogP contribution in [0.15, 0.2) is 53.4 Å². The van der Waals surface area contributed by atoms with Crippen molar-refractivity contribution in [1.29, 1.82) is 0 Å². The number of aromatic nitrogens is 4. The van der Waals surface area contributed by atoms with Crippen LogP contribution in [0.4, 0.5) is 5.82 Å². The van der Waals surface area contributed by atoms with Crippen LogP contribution in [-0.4, -0.2) is 33.5 Å². The van der Waals surface area contributed by atoms with Crippen molar-refractivity contribution >= 4 is 38.6 Å². The number of anilines is 1. The number of nitrogen functional groups attached to an aromatic ring is 1.